The van der Waals surface area contributed by atoms with Crippen LogP contribution in [0.1, 0.15) is 61.9 Å². The molecular formula is C19H19N3O4. The van der Waals surface area contributed by atoms with E-state index < -0.39 is 0 Å². The summed E-state index contributed by atoms with van der Waals surface area (Å²) in [4.78, 5) is 40.7. The van der Waals surface area contributed by atoms with Gasteiger partial charge in [0, 0.05) is 23.7 Å². The van der Waals surface area contributed by atoms with Gasteiger partial charge >= 0.3 is 0 Å². The minimum Gasteiger partial charge on any atom is -0.359 e. The number of benzene rings is 1. The highest BCUT2D eigenvalue weighted by Gasteiger charge is 2.38. The molecule has 3 amide bonds. The van der Waals surface area contributed by atoms with Gasteiger partial charge in [0.05, 0.1) is 23.4 Å². The molecule has 2 aromatic rings. The molecule has 0 atom stereocenters. The van der Waals surface area contributed by atoms with Crippen LogP contribution in [0.5, 0.6) is 0 Å². The summed E-state index contributed by atoms with van der Waals surface area (Å²) in [5.74, 6) is -0.128. The van der Waals surface area contributed by atoms with Gasteiger partial charge in [-0.25, -0.2) is 0 Å². The van der Waals surface area contributed by atoms with E-state index >= 15 is 0 Å². The summed E-state index contributed by atoms with van der Waals surface area (Å²) in [5, 5.41) is 3.95. The zero-order valence-electron chi connectivity index (χ0n) is 14.9. The van der Waals surface area contributed by atoms with Crippen molar-refractivity contribution in [1.82, 2.24) is 15.0 Å². The summed E-state index contributed by atoms with van der Waals surface area (Å²) in [5.41, 5.74) is 2.98. The molecule has 0 N–H and O–H groups in total. The third kappa shape index (κ3) is 2.34. The molecule has 2 aliphatic rings. The molecule has 1 aromatic carbocycles. The van der Waals surface area contributed by atoms with Crippen LogP contribution in [0.2, 0.25) is 0 Å². The molecule has 0 aliphatic carbocycles. The van der Waals surface area contributed by atoms with Crippen molar-refractivity contribution in [3.63, 3.8) is 0 Å². The predicted molar refractivity (Wildman–Crippen MR) is 91.8 cm³/mol. The van der Waals surface area contributed by atoms with E-state index in [1.165, 1.54) is 11.0 Å². The molecule has 0 saturated carbocycles. The number of aryl methyl sites for hydroxylation is 1. The van der Waals surface area contributed by atoms with Crippen LogP contribution in [0.3, 0.4) is 0 Å². The number of hydrogen-bond donors (Lipinski definition) is 0. The van der Waals surface area contributed by atoms with Crippen molar-refractivity contribution in [2.24, 2.45) is 0 Å². The lowest BCUT2D eigenvalue weighted by Gasteiger charge is -2.25. The Morgan fingerprint density at radius 1 is 1.19 bits per heavy atom. The van der Waals surface area contributed by atoms with Gasteiger partial charge in [0.15, 0.2) is 5.76 Å². The Morgan fingerprint density at radius 3 is 2.65 bits per heavy atom. The Kier molecular flexibility index (Phi) is 3.68. The summed E-state index contributed by atoms with van der Waals surface area (Å²) in [6.45, 7) is 6.40. The maximum atomic E-state index is 12.9. The predicted octanol–water partition coefficient (Wildman–Crippen LogP) is 2.19. The number of hydrogen-bond acceptors (Lipinski definition) is 5. The van der Waals surface area contributed by atoms with E-state index in [1.54, 1.807) is 30.9 Å². The standard InChI is InChI=1S/C19H19N3O4/c1-10(2)22-18(24)14-5-4-12(8-15(14)19(22)25)17(23)21-7-6-13-11(3)20-26-16(13)9-21/h4-5,8,10H,6-7,9H2,1-3H3. The van der Waals surface area contributed by atoms with Crippen molar-refractivity contribution in [3.8, 4) is 0 Å². The highest BCUT2D eigenvalue weighted by molar-refractivity contribution is 6.22. The van der Waals surface area contributed by atoms with Gasteiger partial charge in [-0.2, -0.15) is 0 Å². The van der Waals surface area contributed by atoms with Crippen LogP contribution in [0.15, 0.2) is 22.7 Å². The Bertz CT molecular complexity index is 944. The van der Waals surface area contributed by atoms with E-state index in [4.69, 9.17) is 4.52 Å². The summed E-state index contributed by atoms with van der Waals surface area (Å²) in [6.07, 6.45) is 0.694. The zero-order valence-corrected chi connectivity index (χ0v) is 14.9. The van der Waals surface area contributed by atoms with Crippen molar-refractivity contribution in [1.29, 1.82) is 0 Å². The monoisotopic (exact) mass is 353 g/mol. The van der Waals surface area contributed by atoms with Crippen molar-refractivity contribution >= 4 is 17.7 Å². The minimum atomic E-state index is -0.346. The Balaban J connectivity index is 1.62. The Labute approximate surface area is 150 Å². The Hall–Kier alpha value is -2.96. The van der Waals surface area contributed by atoms with Gasteiger partial charge in [0.2, 0.25) is 0 Å². The smallest absolute Gasteiger partial charge is 0.261 e. The molecule has 0 bridgehead atoms. The fraction of sp³-hybridized carbons (Fsp3) is 0.368. The maximum absolute atomic E-state index is 12.9. The first-order chi connectivity index (χ1) is 12.4. The van der Waals surface area contributed by atoms with Gasteiger partial charge < -0.3 is 9.42 Å². The first-order valence-electron chi connectivity index (χ1n) is 8.63. The molecule has 0 radical (unpaired) electrons. The maximum Gasteiger partial charge on any atom is 0.261 e. The number of rotatable bonds is 2. The molecule has 0 spiro atoms. The summed E-state index contributed by atoms with van der Waals surface area (Å²) < 4.78 is 5.30. The molecule has 26 heavy (non-hydrogen) atoms. The van der Waals surface area contributed by atoms with Crippen LogP contribution < -0.4 is 0 Å². The van der Waals surface area contributed by atoms with Gasteiger partial charge in [-0.3, -0.25) is 19.3 Å². The van der Waals surface area contributed by atoms with Crippen LogP contribution >= 0.6 is 0 Å². The van der Waals surface area contributed by atoms with Crippen molar-refractivity contribution in [2.45, 2.75) is 39.8 Å². The topological polar surface area (TPSA) is 83.7 Å². The van der Waals surface area contributed by atoms with Crippen LogP contribution in [-0.2, 0) is 13.0 Å². The number of carbonyl (C=O) groups excluding carboxylic acids is 3. The van der Waals surface area contributed by atoms with E-state index in [1.807, 2.05) is 6.92 Å². The van der Waals surface area contributed by atoms with E-state index in [0.717, 1.165) is 11.3 Å². The molecule has 3 heterocycles. The second-order valence-corrected chi connectivity index (χ2v) is 6.98. The summed E-state index contributed by atoms with van der Waals surface area (Å²) >= 11 is 0. The highest BCUT2D eigenvalue weighted by atomic mass is 16.5. The van der Waals surface area contributed by atoms with Crippen LogP contribution in [0, 0.1) is 6.92 Å². The largest absolute Gasteiger partial charge is 0.359 e. The first kappa shape index (κ1) is 16.5. The highest BCUT2D eigenvalue weighted by Crippen LogP contribution is 2.27. The lowest BCUT2D eigenvalue weighted by atomic mass is 10.0. The van der Waals surface area contributed by atoms with Gasteiger partial charge in [-0.05, 0) is 45.4 Å². The van der Waals surface area contributed by atoms with Gasteiger partial charge in [-0.1, -0.05) is 5.16 Å². The summed E-state index contributed by atoms with van der Waals surface area (Å²) in [7, 11) is 0. The quantitative estimate of drug-likeness (QED) is 0.773. The second kappa shape index (κ2) is 5.79. The zero-order chi connectivity index (χ0) is 18.6. The van der Waals surface area contributed by atoms with Crippen molar-refractivity contribution < 1.29 is 18.9 Å². The fourth-order valence-corrected chi connectivity index (χ4v) is 3.60. The molecule has 0 saturated heterocycles. The number of imide groups is 1. The number of fused-ring (bicyclic) bond motifs is 2. The molecule has 7 nitrogen and oxygen atoms in total. The normalized spacial score (nSPS) is 16.3. The van der Waals surface area contributed by atoms with Crippen molar-refractivity contribution in [2.75, 3.05) is 6.54 Å². The van der Waals surface area contributed by atoms with E-state index in [0.29, 0.717) is 42.0 Å². The number of nitrogens with zero attached hydrogens (tertiary/aromatic N) is 3. The molecule has 7 heteroatoms. The number of amides is 3. The van der Waals surface area contributed by atoms with Gasteiger partial charge in [-0.15, -0.1) is 0 Å². The third-order valence-electron chi connectivity index (χ3n) is 5.00. The molecule has 1 aromatic heterocycles. The average Bonchev–Trinajstić information content (AvgIpc) is 3.12. The molecule has 134 valence electrons. The van der Waals surface area contributed by atoms with E-state index in [2.05, 4.69) is 5.16 Å². The minimum absolute atomic E-state index is 0.184. The SMILES string of the molecule is Cc1noc2c1CCN(C(=O)c1ccc3c(c1)C(=O)N(C(C)C)C3=O)C2. The van der Waals surface area contributed by atoms with E-state index in [9.17, 15) is 14.4 Å². The Morgan fingerprint density at radius 2 is 1.92 bits per heavy atom. The molecule has 0 fully saturated rings. The first-order valence-corrected chi connectivity index (χ1v) is 8.63. The third-order valence-corrected chi connectivity index (χ3v) is 5.00. The lowest BCUT2D eigenvalue weighted by molar-refractivity contribution is 0.0608. The van der Waals surface area contributed by atoms with Crippen LogP contribution in [-0.4, -0.2) is 45.3 Å². The molecular weight excluding hydrogens is 334 g/mol. The van der Waals surface area contributed by atoms with Crippen LogP contribution in [0.4, 0.5) is 0 Å². The number of aromatic nitrogens is 1. The van der Waals surface area contributed by atoms with Crippen LogP contribution in [0.25, 0.3) is 0 Å². The summed E-state index contributed by atoms with van der Waals surface area (Å²) in [6, 6.07) is 4.48. The second-order valence-electron chi connectivity index (χ2n) is 6.98. The number of carbonyl (C=O) groups is 3. The fourth-order valence-electron chi connectivity index (χ4n) is 3.60. The van der Waals surface area contributed by atoms with Gasteiger partial charge in [0.25, 0.3) is 17.7 Å². The average molecular weight is 353 g/mol. The van der Waals surface area contributed by atoms with Gasteiger partial charge in [0.1, 0.15) is 0 Å². The molecule has 2 aliphatic heterocycles. The molecule has 0 unspecified atom stereocenters. The van der Waals surface area contributed by atoms with Crippen molar-refractivity contribution in [3.05, 3.63) is 51.9 Å². The molecule has 4 rings (SSSR count). The van der Waals surface area contributed by atoms with E-state index in [-0.39, 0.29) is 23.8 Å². The lowest BCUT2D eigenvalue weighted by Crippen LogP contribution is -2.36.